The number of para-hydroxylation sites is 1. The van der Waals surface area contributed by atoms with Crippen LogP contribution in [0.3, 0.4) is 0 Å². The van der Waals surface area contributed by atoms with Crippen molar-refractivity contribution in [3.8, 4) is 11.5 Å². The van der Waals surface area contributed by atoms with Crippen molar-refractivity contribution in [2.45, 2.75) is 6.42 Å². The Bertz CT molecular complexity index is 527. The average molecular weight is 249 g/mol. The van der Waals surface area contributed by atoms with Crippen molar-refractivity contribution in [1.29, 1.82) is 0 Å². The van der Waals surface area contributed by atoms with E-state index in [0.29, 0.717) is 23.6 Å². The van der Waals surface area contributed by atoms with Crippen LogP contribution in [0.15, 0.2) is 18.2 Å². The van der Waals surface area contributed by atoms with Gasteiger partial charge in [0.2, 0.25) is 12.7 Å². The van der Waals surface area contributed by atoms with E-state index >= 15 is 0 Å². The van der Waals surface area contributed by atoms with Gasteiger partial charge in [0.1, 0.15) is 0 Å². The maximum atomic E-state index is 11.8. The highest BCUT2D eigenvalue weighted by Crippen LogP contribution is 2.42. The molecule has 1 aromatic rings. The van der Waals surface area contributed by atoms with Crippen LogP contribution in [-0.2, 0) is 9.59 Å². The van der Waals surface area contributed by atoms with E-state index in [9.17, 15) is 9.59 Å². The van der Waals surface area contributed by atoms with Gasteiger partial charge >= 0.3 is 5.97 Å². The third kappa shape index (κ3) is 1.75. The topological polar surface area (TPSA) is 84.9 Å². The molecule has 1 aromatic carbocycles. The summed E-state index contributed by atoms with van der Waals surface area (Å²) in [5.41, 5.74) is 0.519. The van der Waals surface area contributed by atoms with E-state index in [-0.39, 0.29) is 12.7 Å². The third-order valence-electron chi connectivity index (χ3n) is 3.10. The number of carbonyl (C=O) groups is 2. The molecule has 1 fully saturated rings. The van der Waals surface area contributed by atoms with Crippen molar-refractivity contribution in [2.75, 3.05) is 12.1 Å². The fourth-order valence-electron chi connectivity index (χ4n) is 2.01. The van der Waals surface area contributed by atoms with Gasteiger partial charge in [0, 0.05) is 0 Å². The van der Waals surface area contributed by atoms with Gasteiger partial charge in [-0.2, -0.15) is 0 Å². The molecule has 94 valence electrons. The number of rotatable bonds is 3. The van der Waals surface area contributed by atoms with E-state index in [1.54, 1.807) is 18.2 Å². The summed E-state index contributed by atoms with van der Waals surface area (Å²) < 4.78 is 10.4. The molecule has 1 saturated carbocycles. The normalized spacial score (nSPS) is 23.6. The molecule has 6 heteroatoms. The lowest BCUT2D eigenvalue weighted by molar-refractivity contribution is -0.139. The van der Waals surface area contributed by atoms with E-state index in [1.807, 2.05) is 0 Å². The Hall–Kier alpha value is -2.24. The van der Waals surface area contributed by atoms with Crippen molar-refractivity contribution >= 4 is 17.6 Å². The molecule has 0 bridgehead atoms. The Labute approximate surface area is 103 Å². The maximum absolute atomic E-state index is 11.8. The molecule has 2 unspecified atom stereocenters. The molecule has 3 rings (SSSR count). The second-order valence-electron chi connectivity index (χ2n) is 4.32. The zero-order valence-corrected chi connectivity index (χ0v) is 9.38. The van der Waals surface area contributed by atoms with Crippen LogP contribution in [0.1, 0.15) is 6.42 Å². The first kappa shape index (κ1) is 10.9. The molecule has 2 atom stereocenters. The van der Waals surface area contributed by atoms with Crippen LogP contribution in [0, 0.1) is 11.8 Å². The van der Waals surface area contributed by atoms with Gasteiger partial charge in [-0.25, -0.2) is 0 Å². The highest BCUT2D eigenvalue weighted by Gasteiger charge is 2.48. The summed E-state index contributed by atoms with van der Waals surface area (Å²) in [5.74, 6) is -1.13. The van der Waals surface area contributed by atoms with Gasteiger partial charge in [0.15, 0.2) is 11.5 Å². The molecule has 1 aliphatic heterocycles. The minimum atomic E-state index is -0.923. The number of amides is 1. The number of aliphatic carboxylic acids is 1. The van der Waals surface area contributed by atoms with Crippen molar-refractivity contribution in [2.24, 2.45) is 11.8 Å². The molecular weight excluding hydrogens is 238 g/mol. The highest BCUT2D eigenvalue weighted by molar-refractivity contribution is 5.99. The number of carbonyl (C=O) groups excluding carboxylic acids is 1. The number of carboxylic acid groups (broad SMARTS) is 1. The second kappa shape index (κ2) is 3.90. The molecule has 6 nitrogen and oxygen atoms in total. The first-order valence-corrected chi connectivity index (χ1v) is 5.59. The van der Waals surface area contributed by atoms with Crippen molar-refractivity contribution in [3.05, 3.63) is 18.2 Å². The predicted octanol–water partition coefficient (Wildman–Crippen LogP) is 1.07. The molecule has 1 amide bonds. The number of carboxylic acids is 1. The highest BCUT2D eigenvalue weighted by atomic mass is 16.7. The van der Waals surface area contributed by atoms with Crippen molar-refractivity contribution < 1.29 is 24.2 Å². The predicted molar refractivity (Wildman–Crippen MR) is 60.4 cm³/mol. The van der Waals surface area contributed by atoms with Gasteiger partial charge in [0.05, 0.1) is 17.5 Å². The summed E-state index contributed by atoms with van der Waals surface area (Å²) in [4.78, 5) is 22.5. The van der Waals surface area contributed by atoms with Crippen LogP contribution >= 0.6 is 0 Å². The van der Waals surface area contributed by atoms with Crippen LogP contribution in [0.4, 0.5) is 5.69 Å². The zero-order valence-electron chi connectivity index (χ0n) is 9.38. The Balaban J connectivity index is 1.73. The van der Waals surface area contributed by atoms with E-state index in [2.05, 4.69) is 5.32 Å². The standard InChI is InChI=1S/C12H11NO5/c14-11(6-4-7(6)12(15)16)13-8-2-1-3-9-10(8)18-5-17-9/h1-3,6-7H,4-5H2,(H,13,14)(H,15,16). The Morgan fingerprint density at radius 1 is 1.28 bits per heavy atom. The van der Waals surface area contributed by atoms with Gasteiger partial charge in [-0.05, 0) is 18.6 Å². The average Bonchev–Trinajstić information content (AvgIpc) is 3.01. The van der Waals surface area contributed by atoms with Gasteiger partial charge in [0.25, 0.3) is 0 Å². The van der Waals surface area contributed by atoms with Gasteiger partial charge in [-0.3, -0.25) is 9.59 Å². The summed E-state index contributed by atoms with van der Waals surface area (Å²) >= 11 is 0. The number of hydrogen-bond acceptors (Lipinski definition) is 4. The van der Waals surface area contributed by atoms with Gasteiger partial charge < -0.3 is 19.9 Å². The third-order valence-corrected chi connectivity index (χ3v) is 3.10. The van der Waals surface area contributed by atoms with E-state index < -0.39 is 17.8 Å². The smallest absolute Gasteiger partial charge is 0.307 e. The SMILES string of the molecule is O=C(O)C1CC1C(=O)Nc1cccc2c1OCO2. The fourth-order valence-corrected chi connectivity index (χ4v) is 2.01. The van der Waals surface area contributed by atoms with Crippen LogP contribution in [-0.4, -0.2) is 23.8 Å². The monoisotopic (exact) mass is 249 g/mol. The van der Waals surface area contributed by atoms with E-state index in [0.717, 1.165) is 0 Å². The Morgan fingerprint density at radius 3 is 2.83 bits per heavy atom. The first-order chi connectivity index (χ1) is 8.66. The number of hydrogen-bond donors (Lipinski definition) is 2. The van der Waals surface area contributed by atoms with E-state index in [4.69, 9.17) is 14.6 Å². The van der Waals surface area contributed by atoms with Gasteiger partial charge in [-0.15, -0.1) is 0 Å². The molecule has 2 aliphatic rings. The zero-order chi connectivity index (χ0) is 12.7. The Morgan fingerprint density at radius 2 is 2.11 bits per heavy atom. The summed E-state index contributed by atoms with van der Waals surface area (Å²) in [6.07, 6.45) is 0.396. The molecule has 18 heavy (non-hydrogen) atoms. The summed E-state index contributed by atoms with van der Waals surface area (Å²) in [5, 5.41) is 11.5. The number of benzene rings is 1. The van der Waals surface area contributed by atoms with E-state index in [1.165, 1.54) is 0 Å². The number of fused-ring (bicyclic) bond motifs is 1. The number of nitrogens with one attached hydrogen (secondary N) is 1. The molecule has 2 N–H and O–H groups in total. The Kier molecular flexibility index (Phi) is 2.36. The number of anilines is 1. The maximum Gasteiger partial charge on any atom is 0.307 e. The molecule has 0 aromatic heterocycles. The summed E-state index contributed by atoms with van der Waals surface area (Å²) in [7, 11) is 0. The fraction of sp³-hybridized carbons (Fsp3) is 0.333. The molecule has 1 heterocycles. The largest absolute Gasteiger partial charge is 0.481 e. The van der Waals surface area contributed by atoms with Crippen molar-refractivity contribution in [1.82, 2.24) is 0 Å². The molecule has 0 saturated heterocycles. The van der Waals surface area contributed by atoms with Crippen LogP contribution in [0.2, 0.25) is 0 Å². The molecule has 0 spiro atoms. The minimum absolute atomic E-state index is 0.128. The molecular formula is C12H11NO5. The lowest BCUT2D eigenvalue weighted by Crippen LogP contribution is -2.17. The van der Waals surface area contributed by atoms with Crippen LogP contribution in [0.5, 0.6) is 11.5 Å². The minimum Gasteiger partial charge on any atom is -0.481 e. The molecule has 1 aliphatic carbocycles. The van der Waals surface area contributed by atoms with Crippen LogP contribution in [0.25, 0.3) is 0 Å². The van der Waals surface area contributed by atoms with Crippen LogP contribution < -0.4 is 14.8 Å². The quantitative estimate of drug-likeness (QED) is 0.837. The summed E-state index contributed by atoms with van der Waals surface area (Å²) in [6, 6.07) is 5.18. The first-order valence-electron chi connectivity index (χ1n) is 5.59. The number of ether oxygens (including phenoxy) is 2. The van der Waals surface area contributed by atoms with Gasteiger partial charge in [-0.1, -0.05) is 6.07 Å². The second-order valence-corrected chi connectivity index (χ2v) is 4.32. The lowest BCUT2D eigenvalue weighted by Gasteiger charge is -2.07. The molecule has 0 radical (unpaired) electrons. The lowest BCUT2D eigenvalue weighted by atomic mass is 10.2. The summed E-state index contributed by atoms with van der Waals surface area (Å²) in [6.45, 7) is 0.128. The van der Waals surface area contributed by atoms with Crippen molar-refractivity contribution in [3.63, 3.8) is 0 Å².